The Labute approximate surface area is 171 Å². The number of hydrogen-bond donors (Lipinski definition) is 2. The van der Waals surface area contributed by atoms with Crippen LogP contribution in [0.4, 0.5) is 0 Å². The van der Waals surface area contributed by atoms with E-state index >= 15 is 0 Å². The van der Waals surface area contributed by atoms with E-state index in [4.69, 9.17) is 13.9 Å². The molecule has 1 aromatic carbocycles. The Morgan fingerprint density at radius 1 is 1.03 bits per heavy atom. The third kappa shape index (κ3) is 3.69. The molecule has 29 heavy (non-hydrogen) atoms. The highest BCUT2D eigenvalue weighted by Crippen LogP contribution is 2.35. The molecule has 1 unspecified atom stereocenters. The van der Waals surface area contributed by atoms with Crippen LogP contribution in [0.15, 0.2) is 15.3 Å². The van der Waals surface area contributed by atoms with Gasteiger partial charge in [0.1, 0.15) is 31.0 Å². The minimum Gasteiger partial charge on any atom is -0.444 e. The van der Waals surface area contributed by atoms with Crippen molar-refractivity contribution in [3.8, 4) is 5.75 Å². The maximum atomic E-state index is 12.5. The number of benzene rings is 1. The molecule has 0 bridgehead atoms. The minimum atomic E-state index is -0.149. The van der Waals surface area contributed by atoms with Gasteiger partial charge in [0.2, 0.25) is 6.73 Å². The first-order valence-corrected chi connectivity index (χ1v) is 11.2. The third-order valence-corrected chi connectivity index (χ3v) is 6.89. The van der Waals surface area contributed by atoms with Crippen molar-refractivity contribution in [1.82, 2.24) is 0 Å². The molecule has 0 saturated carbocycles. The van der Waals surface area contributed by atoms with E-state index in [0.717, 1.165) is 92.9 Å². The summed E-state index contributed by atoms with van der Waals surface area (Å²) in [5, 5.41) is 1.14. The average molecular weight is 401 g/mol. The van der Waals surface area contributed by atoms with Crippen molar-refractivity contribution in [3.05, 3.63) is 38.7 Å². The number of nitrogens with one attached hydrogen (secondary N) is 2. The predicted molar refractivity (Wildman–Crippen MR) is 110 cm³/mol. The number of hydrogen-bond acceptors (Lipinski definition) is 4. The molecule has 2 aromatic rings. The number of aryl methyl sites for hydroxylation is 2. The lowest BCUT2D eigenvalue weighted by molar-refractivity contribution is -0.942. The molecule has 3 heterocycles. The first-order chi connectivity index (χ1) is 14.2. The van der Waals surface area contributed by atoms with Gasteiger partial charge in [0, 0.05) is 28.5 Å². The van der Waals surface area contributed by atoms with Crippen LogP contribution in [-0.2, 0) is 24.1 Å². The van der Waals surface area contributed by atoms with Gasteiger partial charge in [-0.1, -0.05) is 0 Å². The van der Waals surface area contributed by atoms with E-state index in [1.165, 1.54) is 29.0 Å². The Morgan fingerprint density at radius 3 is 2.62 bits per heavy atom. The second-order valence-corrected chi connectivity index (χ2v) is 8.85. The van der Waals surface area contributed by atoms with E-state index in [2.05, 4.69) is 6.07 Å². The maximum Gasteiger partial charge on any atom is 0.339 e. The van der Waals surface area contributed by atoms with E-state index in [1.807, 2.05) is 6.92 Å². The highest BCUT2D eigenvalue weighted by Gasteiger charge is 2.27. The van der Waals surface area contributed by atoms with Crippen LogP contribution in [0.1, 0.15) is 41.5 Å². The largest absolute Gasteiger partial charge is 0.444 e. The van der Waals surface area contributed by atoms with E-state index < -0.39 is 0 Å². The molecule has 1 aliphatic carbocycles. The lowest BCUT2D eigenvalue weighted by Gasteiger charge is -2.29. The molecular weight excluding hydrogens is 368 g/mol. The Balaban J connectivity index is 1.36. The molecule has 1 fully saturated rings. The van der Waals surface area contributed by atoms with Crippen LogP contribution in [0, 0.1) is 6.92 Å². The molecule has 6 nitrogen and oxygen atoms in total. The van der Waals surface area contributed by atoms with Gasteiger partial charge >= 0.3 is 5.63 Å². The Bertz CT molecular complexity index is 962. The van der Waals surface area contributed by atoms with Crippen molar-refractivity contribution in [1.29, 1.82) is 0 Å². The van der Waals surface area contributed by atoms with Crippen molar-refractivity contribution in [2.24, 2.45) is 0 Å². The van der Waals surface area contributed by atoms with Crippen molar-refractivity contribution in [2.45, 2.75) is 45.6 Å². The summed E-state index contributed by atoms with van der Waals surface area (Å²) in [6.07, 6.45) is 5.27. The van der Waals surface area contributed by atoms with Gasteiger partial charge in [-0.05, 0) is 44.2 Å². The van der Waals surface area contributed by atoms with Crippen molar-refractivity contribution >= 4 is 11.0 Å². The Morgan fingerprint density at radius 2 is 1.79 bits per heavy atom. The van der Waals surface area contributed by atoms with Crippen molar-refractivity contribution in [2.75, 3.05) is 46.1 Å². The molecule has 1 aromatic heterocycles. The van der Waals surface area contributed by atoms with Crippen LogP contribution < -0.4 is 20.2 Å². The summed E-state index contributed by atoms with van der Waals surface area (Å²) >= 11 is 0. The fraction of sp³-hybridized carbons (Fsp3) is 0.609. The molecule has 1 atom stereocenters. The van der Waals surface area contributed by atoms with Crippen LogP contribution in [-0.4, -0.2) is 46.1 Å². The number of rotatable bonds is 4. The fourth-order valence-electron chi connectivity index (χ4n) is 5.27. The highest BCUT2D eigenvalue weighted by atomic mass is 16.5. The van der Waals surface area contributed by atoms with Gasteiger partial charge in [0.05, 0.1) is 26.3 Å². The summed E-state index contributed by atoms with van der Waals surface area (Å²) in [5.41, 5.74) is 4.95. The quantitative estimate of drug-likeness (QED) is 0.711. The number of morpholine rings is 1. The van der Waals surface area contributed by atoms with Gasteiger partial charge in [0.15, 0.2) is 0 Å². The van der Waals surface area contributed by atoms with E-state index in [0.29, 0.717) is 6.73 Å². The first-order valence-electron chi connectivity index (χ1n) is 11.2. The predicted octanol–water partition coefficient (Wildman–Crippen LogP) is 0.0202. The molecule has 5 rings (SSSR count). The molecule has 1 saturated heterocycles. The van der Waals surface area contributed by atoms with Gasteiger partial charge in [-0.2, -0.15) is 0 Å². The zero-order valence-corrected chi connectivity index (χ0v) is 17.4. The van der Waals surface area contributed by atoms with Crippen molar-refractivity contribution < 1.29 is 23.7 Å². The van der Waals surface area contributed by atoms with Crippen LogP contribution in [0.5, 0.6) is 5.75 Å². The SMILES string of the molecule is Cc1c2c(cc3c4c(c(=O)oc13)CCCC4)C[NH+](CCC[NH+]1CCOCC1)CO2. The molecule has 2 N–H and O–H groups in total. The third-order valence-electron chi connectivity index (χ3n) is 6.89. The van der Waals surface area contributed by atoms with E-state index in [1.54, 1.807) is 4.90 Å². The first kappa shape index (κ1) is 19.1. The van der Waals surface area contributed by atoms with Gasteiger partial charge in [-0.15, -0.1) is 0 Å². The molecule has 6 heteroatoms. The Hall–Kier alpha value is -1.89. The molecule has 0 spiro atoms. The summed E-state index contributed by atoms with van der Waals surface area (Å²) in [5.74, 6) is 0.930. The summed E-state index contributed by atoms with van der Waals surface area (Å²) in [6, 6.07) is 2.25. The lowest BCUT2D eigenvalue weighted by Crippen LogP contribution is -3.16. The zero-order chi connectivity index (χ0) is 19.8. The summed E-state index contributed by atoms with van der Waals surface area (Å²) in [7, 11) is 0. The molecule has 3 aliphatic rings. The smallest absolute Gasteiger partial charge is 0.339 e. The summed E-state index contributed by atoms with van der Waals surface area (Å²) in [6.45, 7) is 10.1. The van der Waals surface area contributed by atoms with Crippen LogP contribution in [0.3, 0.4) is 0 Å². The lowest BCUT2D eigenvalue weighted by atomic mass is 9.89. The second-order valence-electron chi connectivity index (χ2n) is 8.85. The van der Waals surface area contributed by atoms with Crippen LogP contribution in [0.25, 0.3) is 11.0 Å². The molecule has 2 aliphatic heterocycles. The fourth-order valence-corrected chi connectivity index (χ4v) is 5.27. The second kappa shape index (κ2) is 8.09. The Kier molecular flexibility index (Phi) is 5.33. The summed E-state index contributed by atoms with van der Waals surface area (Å²) in [4.78, 5) is 15.6. The van der Waals surface area contributed by atoms with E-state index in [-0.39, 0.29) is 5.63 Å². The van der Waals surface area contributed by atoms with Crippen molar-refractivity contribution in [3.63, 3.8) is 0 Å². The van der Waals surface area contributed by atoms with Crippen LogP contribution >= 0.6 is 0 Å². The normalized spacial score (nSPS) is 22.2. The molecule has 0 amide bonds. The monoisotopic (exact) mass is 400 g/mol. The standard InChI is InChI=1S/C23H30N2O4/c1-16-21-17(13-20-18-5-2-3-6-19(18)23(26)29-22(16)20)14-25(15-28-21)8-4-7-24-9-11-27-12-10-24/h13H,2-12,14-15H2,1H3/p+2. The number of ether oxygens (including phenoxy) is 2. The van der Waals surface area contributed by atoms with Gasteiger partial charge in [-0.25, -0.2) is 4.79 Å². The molecule has 156 valence electrons. The highest BCUT2D eigenvalue weighted by molar-refractivity contribution is 5.87. The van der Waals surface area contributed by atoms with Gasteiger partial charge < -0.3 is 18.8 Å². The van der Waals surface area contributed by atoms with E-state index in [9.17, 15) is 4.79 Å². The average Bonchev–Trinajstić information content (AvgIpc) is 2.76. The molecular formula is C23H32N2O4+2. The van der Waals surface area contributed by atoms with Crippen LogP contribution in [0.2, 0.25) is 0 Å². The topological polar surface area (TPSA) is 57.5 Å². The van der Waals surface area contributed by atoms with Gasteiger partial charge in [0.25, 0.3) is 0 Å². The zero-order valence-electron chi connectivity index (χ0n) is 17.4. The summed E-state index contributed by atoms with van der Waals surface area (Å²) < 4.78 is 17.4. The maximum absolute atomic E-state index is 12.5. The number of fused-ring (bicyclic) bond motifs is 4. The number of quaternary nitrogens is 2. The minimum absolute atomic E-state index is 0.149. The van der Waals surface area contributed by atoms with Gasteiger partial charge in [-0.3, -0.25) is 4.90 Å². The molecule has 0 radical (unpaired) electrons.